The van der Waals surface area contributed by atoms with Crippen molar-refractivity contribution in [1.29, 1.82) is 0 Å². The molecule has 0 N–H and O–H groups in total. The number of hydrogen-bond acceptors (Lipinski definition) is 7. The van der Waals surface area contributed by atoms with Gasteiger partial charge in [0.1, 0.15) is 5.31 Å². The van der Waals surface area contributed by atoms with Crippen LogP contribution in [0.4, 0.5) is 0 Å². The van der Waals surface area contributed by atoms with E-state index in [1.165, 1.54) is 0 Å². The van der Waals surface area contributed by atoms with E-state index >= 15 is 0 Å². The zero-order valence-corrected chi connectivity index (χ0v) is 16.6. The minimum absolute atomic E-state index is 0.00928. The molecule has 7 nitrogen and oxygen atoms in total. The maximum Gasteiger partial charge on any atom is 0.365 e. The Morgan fingerprint density at radius 3 is 1.84 bits per heavy atom. The van der Waals surface area contributed by atoms with Crippen LogP contribution >= 0.6 is 7.60 Å². The summed E-state index contributed by atoms with van der Waals surface area (Å²) in [5.41, 5.74) is -0.675. The second kappa shape index (κ2) is 10.4. The van der Waals surface area contributed by atoms with Gasteiger partial charge in [-0.15, -0.1) is 0 Å². The largest absolute Gasteiger partial charge is 0.463 e. The Morgan fingerprint density at radius 2 is 1.44 bits per heavy atom. The van der Waals surface area contributed by atoms with Crippen LogP contribution in [0.15, 0.2) is 23.5 Å². The SMILES string of the molecule is CCOC(=O)/C=C(\C(=O)/C=C/C(=O)C(C)(C)C)P(=O)(OCC)OCC. The Hall–Kier alpha value is -1.56. The Morgan fingerprint density at radius 1 is 0.920 bits per heavy atom. The van der Waals surface area contributed by atoms with E-state index in [0.29, 0.717) is 0 Å². The molecule has 0 saturated heterocycles. The smallest absolute Gasteiger partial charge is 0.365 e. The van der Waals surface area contributed by atoms with Crippen LogP contribution in [0.1, 0.15) is 41.5 Å². The molecule has 0 unspecified atom stereocenters. The normalized spacial score (nSPS) is 13.1. The number of esters is 1. The van der Waals surface area contributed by atoms with Gasteiger partial charge >= 0.3 is 13.6 Å². The molecule has 0 aromatic carbocycles. The summed E-state index contributed by atoms with van der Waals surface area (Å²) in [6.45, 7) is 9.96. The maximum absolute atomic E-state index is 12.9. The summed E-state index contributed by atoms with van der Waals surface area (Å²) in [5.74, 6) is -1.95. The second-order valence-electron chi connectivity index (χ2n) is 5.93. The van der Waals surface area contributed by atoms with Gasteiger partial charge in [-0.1, -0.05) is 20.8 Å². The molecule has 25 heavy (non-hydrogen) atoms. The van der Waals surface area contributed by atoms with Crippen LogP contribution in [-0.4, -0.2) is 37.4 Å². The number of ether oxygens (including phenoxy) is 1. The summed E-state index contributed by atoms with van der Waals surface area (Å²) in [4.78, 5) is 36.1. The molecule has 0 aromatic rings. The predicted octanol–water partition coefficient (Wildman–Crippen LogP) is 3.44. The minimum Gasteiger partial charge on any atom is -0.463 e. The first kappa shape index (κ1) is 23.4. The van der Waals surface area contributed by atoms with Gasteiger partial charge in [0, 0.05) is 11.5 Å². The molecule has 0 fully saturated rings. The lowest BCUT2D eigenvalue weighted by Crippen LogP contribution is -2.18. The van der Waals surface area contributed by atoms with Crippen molar-refractivity contribution in [2.24, 2.45) is 5.41 Å². The number of carbonyl (C=O) groups excluding carboxylic acids is 3. The molecule has 0 saturated carbocycles. The van der Waals surface area contributed by atoms with E-state index in [2.05, 4.69) is 0 Å². The second-order valence-corrected chi connectivity index (χ2v) is 7.92. The van der Waals surface area contributed by atoms with Crippen molar-refractivity contribution in [1.82, 2.24) is 0 Å². The van der Waals surface area contributed by atoms with Gasteiger partial charge in [0.2, 0.25) is 0 Å². The molecular weight excluding hydrogens is 347 g/mol. The lowest BCUT2D eigenvalue weighted by molar-refractivity contribution is -0.137. The first-order chi connectivity index (χ1) is 11.5. The van der Waals surface area contributed by atoms with Crippen molar-refractivity contribution < 1.29 is 32.7 Å². The fourth-order valence-corrected chi connectivity index (χ4v) is 3.22. The predicted molar refractivity (Wildman–Crippen MR) is 94.2 cm³/mol. The quantitative estimate of drug-likeness (QED) is 0.328. The minimum atomic E-state index is -4.02. The molecule has 0 aliphatic carbocycles. The lowest BCUT2D eigenvalue weighted by atomic mass is 9.90. The van der Waals surface area contributed by atoms with Crippen molar-refractivity contribution in [3.05, 3.63) is 23.5 Å². The van der Waals surface area contributed by atoms with Crippen LogP contribution in [0.25, 0.3) is 0 Å². The van der Waals surface area contributed by atoms with Crippen LogP contribution in [0.3, 0.4) is 0 Å². The molecule has 0 amide bonds. The number of hydrogen-bond donors (Lipinski definition) is 0. The molecule has 0 aliphatic heterocycles. The summed E-state index contributed by atoms with van der Waals surface area (Å²) in [5, 5.41) is -0.465. The number of allylic oxidation sites excluding steroid dienone is 3. The molecule has 0 aromatic heterocycles. The van der Waals surface area contributed by atoms with Crippen molar-refractivity contribution in [3.8, 4) is 0 Å². The van der Waals surface area contributed by atoms with Gasteiger partial charge in [0.15, 0.2) is 11.6 Å². The van der Waals surface area contributed by atoms with Gasteiger partial charge in [-0.25, -0.2) is 4.79 Å². The average Bonchev–Trinajstić information content (AvgIpc) is 2.49. The molecule has 0 radical (unpaired) electrons. The summed E-state index contributed by atoms with van der Waals surface area (Å²) < 4.78 is 27.9. The summed E-state index contributed by atoms with van der Waals surface area (Å²) >= 11 is 0. The third-order valence-corrected chi connectivity index (χ3v) is 4.95. The van der Waals surface area contributed by atoms with Crippen LogP contribution in [0, 0.1) is 5.41 Å². The van der Waals surface area contributed by atoms with Gasteiger partial charge in [-0.3, -0.25) is 14.2 Å². The lowest BCUT2D eigenvalue weighted by Gasteiger charge is -2.18. The van der Waals surface area contributed by atoms with Crippen LogP contribution in [0.2, 0.25) is 0 Å². The molecular formula is C17H27O7P. The standard InChI is InChI=1S/C17H27O7P/c1-7-22-16(20)12-14(25(21,23-8-2)24-9-3)13(18)10-11-15(19)17(4,5)6/h10-12H,7-9H2,1-6H3/b11-10+,14-12+. The fourth-order valence-electron chi connectivity index (χ4n) is 1.58. The van der Waals surface area contributed by atoms with Gasteiger partial charge in [-0.05, 0) is 32.9 Å². The molecule has 0 heterocycles. The maximum atomic E-state index is 12.9. The summed E-state index contributed by atoms with van der Waals surface area (Å²) in [7, 11) is -4.02. The third kappa shape index (κ3) is 7.90. The van der Waals surface area contributed by atoms with E-state index < -0.39 is 30.1 Å². The number of carbonyl (C=O) groups is 3. The van der Waals surface area contributed by atoms with Gasteiger partial charge < -0.3 is 13.8 Å². The molecule has 8 heteroatoms. The van der Waals surface area contributed by atoms with E-state index in [0.717, 1.165) is 18.2 Å². The molecule has 0 spiro atoms. The Kier molecular flexibility index (Phi) is 9.78. The van der Waals surface area contributed by atoms with E-state index in [1.54, 1.807) is 41.5 Å². The van der Waals surface area contributed by atoms with Crippen LogP contribution in [0.5, 0.6) is 0 Å². The highest BCUT2D eigenvalue weighted by Crippen LogP contribution is 2.56. The molecule has 0 aliphatic rings. The van der Waals surface area contributed by atoms with E-state index in [1.807, 2.05) is 0 Å². The monoisotopic (exact) mass is 374 g/mol. The highest BCUT2D eigenvalue weighted by Gasteiger charge is 2.35. The zero-order chi connectivity index (χ0) is 19.7. The molecule has 0 bridgehead atoms. The summed E-state index contributed by atoms with van der Waals surface area (Å²) in [6.07, 6.45) is 2.84. The number of ketones is 2. The Balaban J connectivity index is 5.85. The summed E-state index contributed by atoms with van der Waals surface area (Å²) in [6, 6.07) is 0. The van der Waals surface area contributed by atoms with E-state index in [9.17, 15) is 18.9 Å². The van der Waals surface area contributed by atoms with Crippen LogP contribution in [-0.2, 0) is 32.7 Å². The molecule has 142 valence electrons. The third-order valence-electron chi connectivity index (χ3n) is 2.81. The molecule has 0 rings (SSSR count). The van der Waals surface area contributed by atoms with Crippen molar-refractivity contribution in [2.45, 2.75) is 41.5 Å². The first-order valence-electron chi connectivity index (χ1n) is 8.06. The zero-order valence-electron chi connectivity index (χ0n) is 15.7. The Labute approximate surface area is 148 Å². The molecule has 0 atom stereocenters. The fraction of sp³-hybridized carbons (Fsp3) is 0.588. The Bertz CT molecular complexity index is 587. The van der Waals surface area contributed by atoms with E-state index in [-0.39, 0.29) is 25.6 Å². The van der Waals surface area contributed by atoms with Gasteiger partial charge in [-0.2, -0.15) is 0 Å². The highest BCUT2D eigenvalue weighted by molar-refractivity contribution is 7.60. The topological polar surface area (TPSA) is 96.0 Å². The van der Waals surface area contributed by atoms with Crippen LogP contribution < -0.4 is 0 Å². The van der Waals surface area contributed by atoms with Gasteiger partial charge in [0.25, 0.3) is 0 Å². The highest BCUT2D eigenvalue weighted by atomic mass is 31.2. The average molecular weight is 374 g/mol. The van der Waals surface area contributed by atoms with Gasteiger partial charge in [0.05, 0.1) is 19.8 Å². The van der Waals surface area contributed by atoms with Crippen molar-refractivity contribution in [3.63, 3.8) is 0 Å². The van der Waals surface area contributed by atoms with Crippen molar-refractivity contribution in [2.75, 3.05) is 19.8 Å². The first-order valence-corrected chi connectivity index (χ1v) is 9.61. The number of rotatable bonds is 10. The van der Waals surface area contributed by atoms with E-state index in [4.69, 9.17) is 13.8 Å². The van der Waals surface area contributed by atoms with Crippen molar-refractivity contribution >= 4 is 25.1 Å².